The van der Waals surface area contributed by atoms with Crippen LogP contribution in [0.5, 0.6) is 5.75 Å². The number of sulfonamides is 1. The molecule has 0 saturated carbocycles. The molecule has 0 spiro atoms. The molecular weight excluding hydrogens is 579 g/mol. The topological polar surface area (TPSA) is 139 Å². The molecular formula is C30H35FN4O7S. The Morgan fingerprint density at radius 3 is 2.30 bits per heavy atom. The van der Waals surface area contributed by atoms with Crippen molar-refractivity contribution in [3.63, 3.8) is 0 Å². The number of anilines is 1. The molecule has 3 aromatic carbocycles. The highest BCUT2D eigenvalue weighted by Crippen LogP contribution is 2.34. The fourth-order valence-electron chi connectivity index (χ4n) is 4.43. The second-order valence-electron chi connectivity index (χ2n) is 9.88. The van der Waals surface area contributed by atoms with Crippen LogP contribution < -0.4 is 14.4 Å². The average Bonchev–Trinajstić information content (AvgIpc) is 2.98. The van der Waals surface area contributed by atoms with Gasteiger partial charge in [-0.1, -0.05) is 55.8 Å². The van der Waals surface area contributed by atoms with E-state index in [4.69, 9.17) is 4.74 Å². The van der Waals surface area contributed by atoms with Crippen molar-refractivity contribution in [2.24, 2.45) is 0 Å². The normalized spacial score (nSPS) is 11.8. The van der Waals surface area contributed by atoms with Gasteiger partial charge in [-0.3, -0.25) is 24.0 Å². The number of nitrogens with one attached hydrogen (secondary N) is 1. The molecule has 1 unspecified atom stereocenters. The van der Waals surface area contributed by atoms with Gasteiger partial charge in [-0.2, -0.15) is 0 Å². The third-order valence-corrected chi connectivity index (χ3v) is 7.81. The van der Waals surface area contributed by atoms with Crippen molar-refractivity contribution in [2.75, 3.05) is 30.8 Å². The van der Waals surface area contributed by atoms with Gasteiger partial charge in [0.25, 0.3) is 5.69 Å². The number of non-ortho nitro benzene ring substituents is 1. The zero-order valence-corrected chi connectivity index (χ0v) is 25.1. The van der Waals surface area contributed by atoms with E-state index >= 15 is 0 Å². The van der Waals surface area contributed by atoms with Crippen LogP contribution in [0, 0.1) is 15.9 Å². The van der Waals surface area contributed by atoms with Crippen LogP contribution in [-0.2, 0) is 32.6 Å². The van der Waals surface area contributed by atoms with Crippen LogP contribution in [0.15, 0.2) is 72.8 Å². The number of nitro benzene ring substituents is 1. The average molecular weight is 615 g/mol. The predicted octanol–water partition coefficient (Wildman–Crippen LogP) is 4.06. The molecule has 0 aliphatic heterocycles. The van der Waals surface area contributed by atoms with Crippen LogP contribution in [-0.4, -0.2) is 62.6 Å². The highest BCUT2D eigenvalue weighted by Gasteiger charge is 2.34. The Hall–Kier alpha value is -4.52. The number of ether oxygens (including phenoxy) is 1. The molecule has 230 valence electrons. The molecule has 0 bridgehead atoms. The lowest BCUT2D eigenvalue weighted by Crippen LogP contribution is -2.53. The number of nitrogens with zero attached hydrogens (tertiary/aromatic N) is 3. The van der Waals surface area contributed by atoms with Crippen molar-refractivity contribution in [3.05, 3.63) is 99.9 Å². The van der Waals surface area contributed by atoms with Crippen LogP contribution in [0.25, 0.3) is 0 Å². The number of benzene rings is 3. The maximum atomic E-state index is 14.1. The Morgan fingerprint density at radius 1 is 1.05 bits per heavy atom. The number of rotatable bonds is 15. The third-order valence-electron chi connectivity index (χ3n) is 6.69. The van der Waals surface area contributed by atoms with Gasteiger partial charge in [0.05, 0.1) is 18.3 Å². The van der Waals surface area contributed by atoms with Gasteiger partial charge >= 0.3 is 0 Å². The van der Waals surface area contributed by atoms with E-state index in [0.717, 1.165) is 30.4 Å². The number of halogens is 1. The SMILES string of the molecule is CCCCNC(=O)C(Cc1ccccc1)N(Cc1ccc(F)cc1)C(=O)CN(c1cc([N+](=O)[O-])ccc1OC)S(C)(=O)=O. The van der Waals surface area contributed by atoms with Gasteiger partial charge in [-0.25, -0.2) is 12.8 Å². The van der Waals surface area contributed by atoms with Gasteiger partial charge < -0.3 is 15.0 Å². The van der Waals surface area contributed by atoms with Gasteiger partial charge in [-0.05, 0) is 35.7 Å². The van der Waals surface area contributed by atoms with Crippen LogP contribution >= 0.6 is 0 Å². The summed E-state index contributed by atoms with van der Waals surface area (Å²) in [5.74, 6) is -1.69. The minimum absolute atomic E-state index is 0.00736. The summed E-state index contributed by atoms with van der Waals surface area (Å²) in [7, 11) is -2.92. The lowest BCUT2D eigenvalue weighted by atomic mass is 10.0. The van der Waals surface area contributed by atoms with Gasteiger partial charge in [0.15, 0.2) is 0 Å². The van der Waals surface area contributed by atoms with E-state index in [1.165, 1.54) is 42.3 Å². The van der Waals surface area contributed by atoms with Crippen molar-refractivity contribution in [1.29, 1.82) is 0 Å². The van der Waals surface area contributed by atoms with Crippen LogP contribution in [0.4, 0.5) is 15.8 Å². The molecule has 2 amide bonds. The Labute approximate surface area is 250 Å². The summed E-state index contributed by atoms with van der Waals surface area (Å²) in [4.78, 5) is 39.8. The zero-order valence-electron chi connectivity index (χ0n) is 24.2. The molecule has 0 aliphatic carbocycles. The van der Waals surface area contributed by atoms with Crippen LogP contribution in [0.3, 0.4) is 0 Å². The van der Waals surface area contributed by atoms with E-state index in [9.17, 15) is 32.5 Å². The standard InChI is InChI=1S/C30H35FN4O7S/c1-4-5-17-32-30(37)27(18-22-9-7-6-8-10-22)33(20-23-11-13-24(31)14-12-23)29(36)21-34(43(3,40)41)26-19-25(35(38)39)15-16-28(26)42-2/h6-16,19,27H,4-5,17-18,20-21H2,1-3H3,(H,32,37). The first-order valence-electron chi connectivity index (χ1n) is 13.6. The molecule has 1 N–H and O–H groups in total. The number of unbranched alkanes of at least 4 members (excludes halogenated alkanes) is 1. The monoisotopic (exact) mass is 614 g/mol. The predicted molar refractivity (Wildman–Crippen MR) is 161 cm³/mol. The Balaban J connectivity index is 2.10. The van der Waals surface area contributed by atoms with Crippen molar-refractivity contribution in [2.45, 2.75) is 38.8 Å². The van der Waals surface area contributed by atoms with Crippen molar-refractivity contribution >= 4 is 33.2 Å². The Morgan fingerprint density at radius 2 is 1.72 bits per heavy atom. The van der Waals surface area contributed by atoms with E-state index in [-0.39, 0.29) is 24.4 Å². The molecule has 0 aliphatic rings. The van der Waals surface area contributed by atoms with Crippen molar-refractivity contribution in [3.8, 4) is 5.75 Å². The summed E-state index contributed by atoms with van der Waals surface area (Å²) in [5, 5.41) is 14.3. The fourth-order valence-corrected chi connectivity index (χ4v) is 5.27. The molecule has 43 heavy (non-hydrogen) atoms. The van der Waals surface area contributed by atoms with Crippen molar-refractivity contribution in [1.82, 2.24) is 10.2 Å². The fraction of sp³-hybridized carbons (Fsp3) is 0.333. The lowest BCUT2D eigenvalue weighted by Gasteiger charge is -2.33. The van der Waals surface area contributed by atoms with E-state index in [1.54, 1.807) is 12.1 Å². The molecule has 1 atom stereocenters. The smallest absolute Gasteiger partial charge is 0.271 e. The second kappa shape index (κ2) is 15.1. The number of carbonyl (C=O) groups is 2. The molecule has 13 heteroatoms. The van der Waals surface area contributed by atoms with E-state index < -0.39 is 50.9 Å². The zero-order chi connectivity index (χ0) is 31.6. The maximum Gasteiger partial charge on any atom is 0.271 e. The van der Waals surface area contributed by atoms with E-state index in [2.05, 4.69) is 5.32 Å². The molecule has 0 aromatic heterocycles. The minimum atomic E-state index is -4.19. The summed E-state index contributed by atoms with van der Waals surface area (Å²) in [6, 6.07) is 16.8. The van der Waals surface area contributed by atoms with Gasteiger partial charge in [0.1, 0.15) is 29.8 Å². The van der Waals surface area contributed by atoms with E-state index in [1.807, 2.05) is 25.1 Å². The summed E-state index contributed by atoms with van der Waals surface area (Å²) in [6.07, 6.45) is 2.52. The number of carbonyl (C=O) groups excluding carboxylic acids is 2. The number of methoxy groups -OCH3 is 1. The molecule has 0 saturated heterocycles. The van der Waals surface area contributed by atoms with Crippen molar-refractivity contribution < 1.29 is 32.1 Å². The third kappa shape index (κ3) is 9.23. The molecule has 3 aromatic rings. The van der Waals surface area contributed by atoms with Gasteiger partial charge in [0, 0.05) is 31.6 Å². The Bertz CT molecular complexity index is 1520. The molecule has 3 rings (SSSR count). The summed E-state index contributed by atoms with van der Waals surface area (Å²) in [5.41, 5.74) is 0.655. The number of amides is 2. The number of nitro groups is 1. The summed E-state index contributed by atoms with van der Waals surface area (Å²) >= 11 is 0. The second-order valence-corrected chi connectivity index (χ2v) is 11.8. The highest BCUT2D eigenvalue weighted by atomic mass is 32.2. The first-order valence-corrected chi connectivity index (χ1v) is 15.4. The van der Waals surface area contributed by atoms with E-state index in [0.29, 0.717) is 22.8 Å². The minimum Gasteiger partial charge on any atom is -0.495 e. The summed E-state index contributed by atoms with van der Waals surface area (Å²) < 4.78 is 45.7. The first-order chi connectivity index (χ1) is 20.4. The molecule has 11 nitrogen and oxygen atoms in total. The molecule has 0 heterocycles. The summed E-state index contributed by atoms with van der Waals surface area (Å²) in [6.45, 7) is 1.42. The highest BCUT2D eigenvalue weighted by molar-refractivity contribution is 7.92. The van der Waals surface area contributed by atoms with Gasteiger partial charge in [0.2, 0.25) is 21.8 Å². The van der Waals surface area contributed by atoms with Gasteiger partial charge in [-0.15, -0.1) is 0 Å². The largest absolute Gasteiger partial charge is 0.495 e. The van der Waals surface area contributed by atoms with Crippen LogP contribution in [0.1, 0.15) is 30.9 Å². The van der Waals surface area contributed by atoms with Crippen LogP contribution in [0.2, 0.25) is 0 Å². The maximum absolute atomic E-state index is 14.1. The first kappa shape index (κ1) is 33.0. The Kier molecular flexibility index (Phi) is 11.6. The lowest BCUT2D eigenvalue weighted by molar-refractivity contribution is -0.384. The molecule has 0 fully saturated rings. The number of hydrogen-bond acceptors (Lipinski definition) is 7. The number of hydrogen-bond donors (Lipinski definition) is 1. The quantitative estimate of drug-likeness (QED) is 0.155. The molecule has 0 radical (unpaired) electrons.